The quantitative estimate of drug-likeness (QED) is 0.226. The maximum Gasteiger partial charge on any atom is 2.00 e. The number of nitrogens with one attached hydrogen (secondary N) is 2. The molecule has 4 aromatic rings. The molecule has 0 saturated heterocycles. The number of hydrogen-bond donors (Lipinski definition) is 2. The van der Waals surface area contributed by atoms with Crippen LogP contribution in [0, 0.1) is 0 Å². The van der Waals surface area contributed by atoms with Crippen LogP contribution >= 0.6 is 23.5 Å². The fourth-order valence-electron chi connectivity index (χ4n) is 3.97. The first-order valence-electron chi connectivity index (χ1n) is 10.1. The van der Waals surface area contributed by atoms with Gasteiger partial charge in [0.2, 0.25) is 0 Å². The molecule has 0 radical (unpaired) electrons. The van der Waals surface area contributed by atoms with Crippen molar-refractivity contribution in [2.45, 2.75) is 33.4 Å². The van der Waals surface area contributed by atoms with E-state index in [4.69, 9.17) is 0 Å². The van der Waals surface area contributed by atoms with Gasteiger partial charge in [0.05, 0.1) is 9.74 Å². The van der Waals surface area contributed by atoms with Gasteiger partial charge < -0.3 is 10.6 Å². The molecule has 158 valence electrons. The molecule has 0 saturated carbocycles. The molecule has 0 spiro atoms. The van der Waals surface area contributed by atoms with Crippen molar-refractivity contribution < 1.29 is 17.1 Å². The van der Waals surface area contributed by atoms with Crippen LogP contribution in [-0.2, 0) is 26.8 Å². The number of para-hydroxylation sites is 2. The van der Waals surface area contributed by atoms with Crippen molar-refractivity contribution in [3.05, 3.63) is 108 Å². The molecular weight excluding hydrogens is 460 g/mol. The third kappa shape index (κ3) is 4.33. The van der Waals surface area contributed by atoms with Crippen molar-refractivity contribution >= 4 is 34.9 Å². The van der Waals surface area contributed by atoms with Crippen LogP contribution in [0.25, 0.3) is 0 Å². The molecule has 2 atom stereocenters. The zero-order valence-corrected chi connectivity index (χ0v) is 20.1. The summed E-state index contributed by atoms with van der Waals surface area (Å²) in [5, 5.41) is 7.15. The summed E-state index contributed by atoms with van der Waals surface area (Å²) in [4.78, 5) is 2.66. The van der Waals surface area contributed by atoms with E-state index in [9.17, 15) is 0 Å². The average Bonchev–Trinajstić information content (AvgIpc) is 3.53. The molecule has 6 rings (SSSR count). The summed E-state index contributed by atoms with van der Waals surface area (Å²) in [6, 6.07) is 34.0. The Labute approximate surface area is 203 Å². The van der Waals surface area contributed by atoms with Gasteiger partial charge in [0.15, 0.2) is 0 Å². The van der Waals surface area contributed by atoms with Crippen LogP contribution < -0.4 is 10.6 Å². The van der Waals surface area contributed by atoms with Crippen molar-refractivity contribution in [1.82, 2.24) is 0 Å². The van der Waals surface area contributed by atoms with Gasteiger partial charge in [-0.25, -0.2) is 24.3 Å². The molecule has 2 unspecified atom stereocenters. The largest absolute Gasteiger partial charge is 2.00 e. The van der Waals surface area contributed by atoms with E-state index in [1.165, 1.54) is 32.3 Å². The van der Waals surface area contributed by atoms with Crippen molar-refractivity contribution in [2.75, 3.05) is 10.6 Å². The minimum absolute atomic E-state index is 0. The summed E-state index contributed by atoms with van der Waals surface area (Å²) < 4.78 is 0. The second-order valence-corrected chi connectivity index (χ2v) is 10.8. The molecule has 2 heterocycles. The number of rotatable bonds is 2. The molecule has 2 aliphatic heterocycles. The fourth-order valence-corrected chi connectivity index (χ4v) is 6.43. The summed E-state index contributed by atoms with van der Waals surface area (Å²) in [7, 11) is 0. The second kappa shape index (κ2) is 8.83. The number of benzene rings is 2. The zero-order valence-electron chi connectivity index (χ0n) is 17.4. The topological polar surface area (TPSA) is 24.1 Å². The minimum atomic E-state index is -0.00676. The smallest absolute Gasteiger partial charge is 0.376 e. The molecule has 0 aromatic heterocycles. The Morgan fingerprint density at radius 3 is 1.29 bits per heavy atom. The normalized spacial score (nSPS) is 22.8. The van der Waals surface area contributed by atoms with Crippen LogP contribution in [0.1, 0.15) is 25.0 Å². The van der Waals surface area contributed by atoms with Gasteiger partial charge in [0, 0.05) is 21.2 Å². The number of thioether (sulfide) groups is 2. The molecule has 5 heteroatoms. The van der Waals surface area contributed by atoms with Crippen molar-refractivity contribution in [3.8, 4) is 0 Å². The van der Waals surface area contributed by atoms with Crippen LogP contribution in [0.15, 0.2) is 107 Å². The Hall–Kier alpha value is -2.04. The molecule has 4 aromatic carbocycles. The molecule has 0 fully saturated rings. The standard InChI is InChI=1S/2C13H12NS.Fe/c2*1-13(10-6-2-3-7-10)14-11-8-4-5-9-12(11)15-13;/h2*2-9,14H,1H3;/q2*-1;+2. The molecule has 2 aliphatic rings. The van der Waals surface area contributed by atoms with Crippen molar-refractivity contribution in [2.24, 2.45) is 0 Å². The third-order valence-corrected chi connectivity index (χ3v) is 8.22. The maximum absolute atomic E-state index is 3.58. The molecule has 0 amide bonds. The Morgan fingerprint density at radius 2 is 0.935 bits per heavy atom. The monoisotopic (exact) mass is 484 g/mol. The van der Waals surface area contributed by atoms with Gasteiger partial charge in [-0.3, -0.25) is 0 Å². The van der Waals surface area contributed by atoms with E-state index in [0.717, 1.165) is 0 Å². The molecular formula is C26H24FeN2S2. The van der Waals surface area contributed by atoms with Gasteiger partial charge in [-0.05, 0) is 38.1 Å². The van der Waals surface area contributed by atoms with E-state index in [2.05, 4.69) is 122 Å². The third-order valence-electron chi connectivity index (χ3n) is 5.58. The Balaban J connectivity index is 0.000000144. The SMILES string of the molecule is CC1([c-]2cccc2)Nc2ccccc2S1.CC1([c-]2cccc2)Nc2ccccc2S1.[Fe+2]. The van der Waals surface area contributed by atoms with Gasteiger partial charge >= 0.3 is 17.1 Å². The van der Waals surface area contributed by atoms with E-state index >= 15 is 0 Å². The van der Waals surface area contributed by atoms with Crippen LogP contribution in [0.5, 0.6) is 0 Å². The molecule has 2 N–H and O–H groups in total. The molecule has 2 nitrogen and oxygen atoms in total. The molecule has 31 heavy (non-hydrogen) atoms. The first-order valence-corrected chi connectivity index (χ1v) is 11.8. The van der Waals surface area contributed by atoms with Crippen molar-refractivity contribution in [1.29, 1.82) is 0 Å². The Morgan fingerprint density at radius 1 is 0.581 bits per heavy atom. The van der Waals surface area contributed by atoms with E-state index in [0.29, 0.717) is 0 Å². The van der Waals surface area contributed by atoms with E-state index in [1.807, 2.05) is 23.5 Å². The van der Waals surface area contributed by atoms with Gasteiger partial charge in [-0.15, -0.1) is 34.7 Å². The predicted molar refractivity (Wildman–Crippen MR) is 131 cm³/mol. The van der Waals surface area contributed by atoms with Crippen molar-refractivity contribution in [3.63, 3.8) is 0 Å². The van der Waals surface area contributed by atoms with E-state index in [-0.39, 0.29) is 26.8 Å². The predicted octanol–water partition coefficient (Wildman–Crippen LogP) is 7.59. The first-order chi connectivity index (χ1) is 14.6. The van der Waals surface area contributed by atoms with Gasteiger partial charge in [-0.2, -0.15) is 24.3 Å². The summed E-state index contributed by atoms with van der Waals surface area (Å²) in [5.74, 6) is 0. The summed E-state index contributed by atoms with van der Waals surface area (Å²) in [6.07, 6.45) is 0. The molecule has 0 bridgehead atoms. The van der Waals surface area contributed by atoms with Crippen LogP contribution in [0.2, 0.25) is 0 Å². The molecule has 0 aliphatic carbocycles. The zero-order chi connectivity index (χ0) is 20.6. The van der Waals surface area contributed by atoms with Gasteiger partial charge in [0.1, 0.15) is 0 Å². The van der Waals surface area contributed by atoms with Gasteiger partial charge in [0.25, 0.3) is 0 Å². The Bertz CT molecular complexity index is 994. The summed E-state index contributed by atoms with van der Waals surface area (Å²) in [5.41, 5.74) is 5.16. The average molecular weight is 484 g/mol. The van der Waals surface area contributed by atoms with Crippen LogP contribution in [0.4, 0.5) is 11.4 Å². The Kier molecular flexibility index (Phi) is 6.32. The summed E-state index contributed by atoms with van der Waals surface area (Å²) in [6.45, 7) is 4.46. The first kappa shape index (κ1) is 22.2. The fraction of sp³-hybridized carbons (Fsp3) is 0.154. The minimum Gasteiger partial charge on any atom is -0.376 e. The number of hydrogen-bond acceptors (Lipinski definition) is 4. The maximum atomic E-state index is 3.58. The second-order valence-electron chi connectivity index (χ2n) is 7.86. The van der Waals surface area contributed by atoms with Gasteiger partial charge in [-0.1, -0.05) is 24.3 Å². The van der Waals surface area contributed by atoms with E-state index < -0.39 is 0 Å². The summed E-state index contributed by atoms with van der Waals surface area (Å²) >= 11 is 3.77. The van der Waals surface area contributed by atoms with Crippen LogP contribution in [0.3, 0.4) is 0 Å². The van der Waals surface area contributed by atoms with Crippen LogP contribution in [-0.4, -0.2) is 0 Å². The number of anilines is 2. The number of fused-ring (bicyclic) bond motifs is 2. The van der Waals surface area contributed by atoms with E-state index in [1.54, 1.807) is 0 Å².